The summed E-state index contributed by atoms with van der Waals surface area (Å²) < 4.78 is 0. The smallest absolute Gasteiger partial charge is 0.0495 e. The minimum absolute atomic E-state index is 0.575. The fraction of sp³-hybridized carbons (Fsp3) is 0.800. The van der Waals surface area contributed by atoms with Gasteiger partial charge in [-0.2, -0.15) is 0 Å². The summed E-state index contributed by atoms with van der Waals surface area (Å²) in [6, 6.07) is 0.575. The van der Waals surface area contributed by atoms with Crippen molar-refractivity contribution in [3.8, 4) is 0 Å². The highest BCUT2D eigenvalue weighted by molar-refractivity contribution is 5.11. The number of hydrazine groups is 1. The fourth-order valence-electron chi connectivity index (χ4n) is 1.75. The molecule has 0 aliphatic carbocycles. The van der Waals surface area contributed by atoms with E-state index in [0.29, 0.717) is 12.0 Å². The molecular formula is C10H21N3. The van der Waals surface area contributed by atoms with Crippen LogP contribution in [0.4, 0.5) is 0 Å². The summed E-state index contributed by atoms with van der Waals surface area (Å²) in [7, 11) is 1.92. The highest BCUT2D eigenvalue weighted by Gasteiger charge is 2.25. The normalized spacial score (nSPS) is 22.5. The average molecular weight is 183 g/mol. The predicted molar refractivity (Wildman–Crippen MR) is 55.7 cm³/mol. The van der Waals surface area contributed by atoms with E-state index in [4.69, 9.17) is 5.84 Å². The molecule has 0 fully saturated rings. The van der Waals surface area contributed by atoms with Gasteiger partial charge in [0, 0.05) is 37.4 Å². The van der Waals surface area contributed by atoms with E-state index in [2.05, 4.69) is 31.9 Å². The van der Waals surface area contributed by atoms with Crippen LogP contribution in [0.15, 0.2) is 11.9 Å². The fourth-order valence-corrected chi connectivity index (χ4v) is 1.75. The van der Waals surface area contributed by atoms with Gasteiger partial charge in [0.05, 0.1) is 0 Å². The maximum absolute atomic E-state index is 5.76. The molecular weight excluding hydrogens is 162 g/mol. The Hall–Kier alpha value is -0.700. The van der Waals surface area contributed by atoms with Crippen molar-refractivity contribution < 1.29 is 0 Å². The molecule has 0 saturated carbocycles. The molecule has 0 spiro atoms. The van der Waals surface area contributed by atoms with Crippen LogP contribution in [0.1, 0.15) is 27.2 Å². The van der Waals surface area contributed by atoms with Crippen molar-refractivity contribution >= 4 is 0 Å². The zero-order valence-electron chi connectivity index (χ0n) is 9.12. The van der Waals surface area contributed by atoms with Crippen molar-refractivity contribution in [1.82, 2.24) is 9.91 Å². The Morgan fingerprint density at radius 1 is 1.69 bits per heavy atom. The van der Waals surface area contributed by atoms with Gasteiger partial charge in [-0.25, -0.2) is 5.84 Å². The van der Waals surface area contributed by atoms with Crippen molar-refractivity contribution in [3.63, 3.8) is 0 Å². The Kier molecular flexibility index (Phi) is 3.20. The molecule has 2 N–H and O–H groups in total. The molecule has 1 aliphatic heterocycles. The largest absolute Gasteiger partial charge is 0.373 e. The van der Waals surface area contributed by atoms with Gasteiger partial charge >= 0.3 is 0 Å². The third-order valence-electron chi connectivity index (χ3n) is 2.71. The maximum atomic E-state index is 5.76. The molecule has 0 bridgehead atoms. The van der Waals surface area contributed by atoms with Crippen LogP contribution in [-0.4, -0.2) is 29.5 Å². The van der Waals surface area contributed by atoms with Crippen molar-refractivity contribution in [3.05, 3.63) is 11.9 Å². The summed E-state index contributed by atoms with van der Waals surface area (Å²) in [5, 5.41) is 1.75. The van der Waals surface area contributed by atoms with E-state index >= 15 is 0 Å². The quantitative estimate of drug-likeness (QED) is 0.530. The molecule has 0 aromatic heterocycles. The second-order valence-corrected chi connectivity index (χ2v) is 4.06. The van der Waals surface area contributed by atoms with E-state index in [1.807, 2.05) is 7.05 Å². The lowest BCUT2D eigenvalue weighted by molar-refractivity contribution is 0.297. The number of hydrogen-bond acceptors (Lipinski definition) is 3. The molecule has 1 unspecified atom stereocenters. The maximum Gasteiger partial charge on any atom is 0.0495 e. The highest BCUT2D eigenvalue weighted by atomic mass is 15.4. The van der Waals surface area contributed by atoms with Crippen LogP contribution in [0, 0.1) is 5.92 Å². The lowest BCUT2D eigenvalue weighted by atomic mass is 10.1. The molecule has 0 aromatic carbocycles. The van der Waals surface area contributed by atoms with Gasteiger partial charge in [0.15, 0.2) is 0 Å². The second-order valence-electron chi connectivity index (χ2n) is 4.06. The summed E-state index contributed by atoms with van der Waals surface area (Å²) >= 11 is 0. The lowest BCUT2D eigenvalue weighted by Gasteiger charge is -2.21. The Morgan fingerprint density at radius 3 is 2.62 bits per heavy atom. The minimum Gasteiger partial charge on any atom is -0.373 e. The van der Waals surface area contributed by atoms with Crippen molar-refractivity contribution in [2.45, 2.75) is 33.2 Å². The van der Waals surface area contributed by atoms with Gasteiger partial charge in [0.25, 0.3) is 0 Å². The molecule has 0 saturated heterocycles. The van der Waals surface area contributed by atoms with Crippen molar-refractivity contribution in [2.75, 3.05) is 13.6 Å². The summed E-state index contributed by atoms with van der Waals surface area (Å²) in [6.07, 6.45) is 3.36. The number of nitrogens with two attached hydrogens (primary N) is 1. The lowest BCUT2D eigenvalue weighted by Crippen LogP contribution is -2.29. The molecule has 3 nitrogen and oxygen atoms in total. The third-order valence-corrected chi connectivity index (χ3v) is 2.71. The SMILES string of the molecule is CCC1CN(C(C)C)C=C1N(C)N. The molecule has 13 heavy (non-hydrogen) atoms. The first-order valence-electron chi connectivity index (χ1n) is 5.02. The molecule has 1 atom stereocenters. The standard InChI is InChI=1S/C10H21N3/c1-5-9-6-13(8(2)3)7-10(9)12(4)11/h7-9H,5-6,11H2,1-4H3. The van der Waals surface area contributed by atoms with E-state index in [-0.39, 0.29) is 0 Å². The number of rotatable bonds is 3. The number of hydrogen-bond donors (Lipinski definition) is 1. The van der Waals surface area contributed by atoms with Gasteiger partial charge < -0.3 is 9.91 Å². The monoisotopic (exact) mass is 183 g/mol. The molecule has 1 rings (SSSR count). The Balaban J connectivity index is 2.71. The summed E-state index contributed by atoms with van der Waals surface area (Å²) in [4.78, 5) is 2.35. The van der Waals surface area contributed by atoms with Gasteiger partial charge in [-0.1, -0.05) is 6.92 Å². The first-order chi connectivity index (χ1) is 6.06. The zero-order valence-corrected chi connectivity index (χ0v) is 9.12. The van der Waals surface area contributed by atoms with E-state index in [0.717, 1.165) is 13.0 Å². The van der Waals surface area contributed by atoms with E-state index in [1.165, 1.54) is 5.70 Å². The molecule has 3 heteroatoms. The van der Waals surface area contributed by atoms with Gasteiger partial charge in [-0.15, -0.1) is 0 Å². The van der Waals surface area contributed by atoms with Crippen LogP contribution < -0.4 is 5.84 Å². The van der Waals surface area contributed by atoms with Crippen LogP contribution in [0.3, 0.4) is 0 Å². The topological polar surface area (TPSA) is 32.5 Å². The predicted octanol–water partition coefficient (Wildman–Crippen LogP) is 1.38. The number of nitrogens with zero attached hydrogens (tertiary/aromatic N) is 2. The Morgan fingerprint density at radius 2 is 2.31 bits per heavy atom. The molecule has 0 radical (unpaired) electrons. The Labute approximate surface area is 81.2 Å². The summed E-state index contributed by atoms with van der Waals surface area (Å²) in [5.74, 6) is 6.37. The van der Waals surface area contributed by atoms with Crippen LogP contribution in [0.25, 0.3) is 0 Å². The molecule has 1 aliphatic rings. The Bertz CT molecular complexity index is 196. The second kappa shape index (κ2) is 4.01. The first-order valence-corrected chi connectivity index (χ1v) is 5.02. The van der Waals surface area contributed by atoms with Gasteiger partial charge in [-0.3, -0.25) is 0 Å². The van der Waals surface area contributed by atoms with E-state index in [1.54, 1.807) is 5.01 Å². The molecule has 0 amide bonds. The van der Waals surface area contributed by atoms with E-state index < -0.39 is 0 Å². The van der Waals surface area contributed by atoms with Crippen LogP contribution in [0.2, 0.25) is 0 Å². The van der Waals surface area contributed by atoms with Gasteiger partial charge in [-0.05, 0) is 20.3 Å². The third kappa shape index (κ3) is 2.15. The zero-order chi connectivity index (χ0) is 10.0. The molecule has 1 heterocycles. The summed E-state index contributed by atoms with van der Waals surface area (Å²) in [6.45, 7) is 7.75. The van der Waals surface area contributed by atoms with E-state index in [9.17, 15) is 0 Å². The molecule has 76 valence electrons. The highest BCUT2D eigenvalue weighted by Crippen LogP contribution is 2.26. The first kappa shape index (κ1) is 10.4. The van der Waals surface area contributed by atoms with Crippen LogP contribution in [-0.2, 0) is 0 Å². The average Bonchev–Trinajstić information content (AvgIpc) is 2.47. The van der Waals surface area contributed by atoms with Crippen LogP contribution >= 0.6 is 0 Å². The minimum atomic E-state index is 0.575. The van der Waals surface area contributed by atoms with Gasteiger partial charge in [0.2, 0.25) is 0 Å². The summed E-state index contributed by atoms with van der Waals surface area (Å²) in [5.41, 5.74) is 1.26. The van der Waals surface area contributed by atoms with Crippen molar-refractivity contribution in [2.24, 2.45) is 11.8 Å². The van der Waals surface area contributed by atoms with Gasteiger partial charge in [0.1, 0.15) is 0 Å². The van der Waals surface area contributed by atoms with Crippen molar-refractivity contribution in [1.29, 1.82) is 0 Å². The molecule has 0 aromatic rings. The van der Waals surface area contributed by atoms with Crippen LogP contribution in [0.5, 0.6) is 0 Å².